The molecule has 0 aliphatic heterocycles. The number of carbonyl (C=O) groups excluding carboxylic acids is 3. The summed E-state index contributed by atoms with van der Waals surface area (Å²) in [4.78, 5) is 38.4. The Hall–Kier alpha value is -2.68. The van der Waals surface area contributed by atoms with Crippen LogP contribution in [0.4, 0.5) is 5.69 Å². The van der Waals surface area contributed by atoms with E-state index in [1.807, 2.05) is 0 Å². The number of hydrazine groups is 1. The van der Waals surface area contributed by atoms with Gasteiger partial charge in [-0.05, 0) is 38.7 Å². The van der Waals surface area contributed by atoms with Crippen LogP contribution >= 0.6 is 0 Å². The van der Waals surface area contributed by atoms with E-state index in [1.54, 1.807) is 24.5 Å². The maximum atomic E-state index is 11.5. The standard InChI is InChI=1S/C16H22N4O5/c1-9-12(19-14(21)15(22)20-17)7-8-13(18-9)25-11-5-3-10(4-6-11)16(23)24-2/h7-8,10-11H,3-6,17H2,1-2H3,(H,19,21)(H,20,22). The van der Waals surface area contributed by atoms with E-state index in [4.69, 9.17) is 15.3 Å². The van der Waals surface area contributed by atoms with Crippen molar-refractivity contribution in [3.8, 4) is 5.88 Å². The summed E-state index contributed by atoms with van der Waals surface area (Å²) in [5.41, 5.74) is 2.67. The molecule has 0 saturated heterocycles. The van der Waals surface area contributed by atoms with Crippen molar-refractivity contribution < 1.29 is 23.9 Å². The number of nitrogens with zero attached hydrogens (tertiary/aromatic N) is 1. The number of pyridine rings is 1. The number of amides is 2. The Labute approximate surface area is 145 Å². The van der Waals surface area contributed by atoms with Gasteiger partial charge in [0.1, 0.15) is 6.10 Å². The van der Waals surface area contributed by atoms with E-state index in [0.29, 0.717) is 17.3 Å². The average Bonchev–Trinajstić information content (AvgIpc) is 2.63. The third-order valence-electron chi connectivity index (χ3n) is 4.14. The Bertz CT molecular complexity index is 656. The Balaban J connectivity index is 1.92. The summed E-state index contributed by atoms with van der Waals surface area (Å²) in [5.74, 6) is 3.28. The van der Waals surface area contributed by atoms with Crippen LogP contribution in [0.15, 0.2) is 12.1 Å². The summed E-state index contributed by atoms with van der Waals surface area (Å²) < 4.78 is 10.6. The first-order valence-corrected chi connectivity index (χ1v) is 7.98. The molecule has 0 atom stereocenters. The van der Waals surface area contributed by atoms with Crippen LogP contribution in [0.3, 0.4) is 0 Å². The Morgan fingerprint density at radius 2 is 1.84 bits per heavy atom. The third-order valence-corrected chi connectivity index (χ3v) is 4.14. The van der Waals surface area contributed by atoms with Gasteiger partial charge in [-0.25, -0.2) is 10.8 Å². The fourth-order valence-corrected chi connectivity index (χ4v) is 2.73. The average molecular weight is 350 g/mol. The molecule has 9 nitrogen and oxygen atoms in total. The molecule has 1 aliphatic carbocycles. The number of hydrogen-bond donors (Lipinski definition) is 3. The van der Waals surface area contributed by atoms with Crippen molar-refractivity contribution in [3.63, 3.8) is 0 Å². The highest BCUT2D eigenvalue weighted by Crippen LogP contribution is 2.28. The van der Waals surface area contributed by atoms with Gasteiger partial charge in [-0.1, -0.05) is 0 Å². The Morgan fingerprint density at radius 3 is 2.40 bits per heavy atom. The zero-order valence-corrected chi connectivity index (χ0v) is 14.2. The fraction of sp³-hybridized carbons (Fsp3) is 0.500. The lowest BCUT2D eigenvalue weighted by molar-refractivity contribution is -0.147. The van der Waals surface area contributed by atoms with E-state index in [-0.39, 0.29) is 18.0 Å². The number of hydrogen-bond acceptors (Lipinski definition) is 7. The molecule has 1 aromatic heterocycles. The minimum atomic E-state index is -0.943. The summed E-state index contributed by atoms with van der Waals surface area (Å²) in [6.07, 6.45) is 2.92. The number of nitrogens with two attached hydrogens (primary N) is 1. The van der Waals surface area contributed by atoms with Gasteiger partial charge in [0.15, 0.2) is 0 Å². The van der Waals surface area contributed by atoms with Gasteiger partial charge in [-0.2, -0.15) is 0 Å². The van der Waals surface area contributed by atoms with E-state index in [1.165, 1.54) is 7.11 Å². The highest BCUT2D eigenvalue weighted by molar-refractivity contribution is 6.39. The van der Waals surface area contributed by atoms with Crippen LogP contribution < -0.4 is 21.3 Å². The van der Waals surface area contributed by atoms with Crippen molar-refractivity contribution in [2.24, 2.45) is 11.8 Å². The largest absolute Gasteiger partial charge is 0.474 e. The first-order chi connectivity index (χ1) is 11.9. The molecule has 136 valence electrons. The first kappa shape index (κ1) is 18.7. The number of rotatable bonds is 4. The molecule has 1 saturated carbocycles. The smallest absolute Gasteiger partial charge is 0.323 e. The van der Waals surface area contributed by atoms with Gasteiger partial charge in [-0.3, -0.25) is 19.8 Å². The second kappa shape index (κ2) is 8.43. The molecule has 0 aromatic carbocycles. The summed E-state index contributed by atoms with van der Waals surface area (Å²) >= 11 is 0. The maximum Gasteiger partial charge on any atom is 0.323 e. The fourth-order valence-electron chi connectivity index (χ4n) is 2.73. The van der Waals surface area contributed by atoms with Gasteiger partial charge >= 0.3 is 17.8 Å². The molecule has 0 radical (unpaired) electrons. The van der Waals surface area contributed by atoms with E-state index in [2.05, 4.69) is 10.3 Å². The number of ether oxygens (including phenoxy) is 2. The lowest BCUT2D eigenvalue weighted by atomic mass is 9.87. The summed E-state index contributed by atoms with van der Waals surface area (Å²) in [6, 6.07) is 3.23. The monoisotopic (exact) mass is 350 g/mol. The number of methoxy groups -OCH3 is 1. The number of aromatic nitrogens is 1. The summed E-state index contributed by atoms with van der Waals surface area (Å²) in [5, 5.41) is 2.42. The van der Waals surface area contributed by atoms with Crippen molar-refractivity contribution in [1.82, 2.24) is 10.4 Å². The SMILES string of the molecule is COC(=O)C1CCC(Oc2ccc(NC(=O)C(=O)NN)c(C)n2)CC1. The lowest BCUT2D eigenvalue weighted by Crippen LogP contribution is -2.39. The quantitative estimate of drug-likeness (QED) is 0.236. The van der Waals surface area contributed by atoms with Crippen molar-refractivity contribution in [2.75, 3.05) is 12.4 Å². The third kappa shape index (κ3) is 4.90. The highest BCUT2D eigenvalue weighted by atomic mass is 16.5. The normalized spacial score (nSPS) is 19.6. The molecule has 1 heterocycles. The van der Waals surface area contributed by atoms with E-state index >= 15 is 0 Å². The predicted octanol–water partition coefficient (Wildman–Crippen LogP) is 0.429. The molecule has 1 aliphatic rings. The van der Waals surface area contributed by atoms with Gasteiger partial charge in [0, 0.05) is 6.07 Å². The molecule has 2 rings (SSSR count). The van der Waals surface area contributed by atoms with Gasteiger partial charge in [0.25, 0.3) is 0 Å². The number of nitrogens with one attached hydrogen (secondary N) is 2. The Morgan fingerprint density at radius 1 is 1.16 bits per heavy atom. The minimum Gasteiger partial charge on any atom is -0.474 e. The van der Waals surface area contributed by atoms with Crippen molar-refractivity contribution in [1.29, 1.82) is 0 Å². The summed E-state index contributed by atoms with van der Waals surface area (Å²) in [7, 11) is 1.40. The molecule has 0 unspecified atom stereocenters. The number of carbonyl (C=O) groups is 3. The van der Waals surface area contributed by atoms with Crippen molar-refractivity contribution in [3.05, 3.63) is 17.8 Å². The van der Waals surface area contributed by atoms with Crippen LogP contribution in [-0.2, 0) is 19.1 Å². The zero-order valence-electron chi connectivity index (χ0n) is 14.2. The molecule has 1 aromatic rings. The van der Waals surface area contributed by atoms with Crippen LogP contribution in [0, 0.1) is 12.8 Å². The molecule has 0 bridgehead atoms. The van der Waals surface area contributed by atoms with Crippen LogP contribution in [0.25, 0.3) is 0 Å². The zero-order chi connectivity index (χ0) is 18.4. The minimum absolute atomic E-state index is 0.0173. The molecular weight excluding hydrogens is 328 g/mol. The second-order valence-corrected chi connectivity index (χ2v) is 5.82. The number of aryl methyl sites for hydroxylation is 1. The summed E-state index contributed by atoms with van der Waals surface area (Å²) in [6.45, 7) is 1.69. The molecule has 0 spiro atoms. The van der Waals surface area contributed by atoms with Gasteiger partial charge < -0.3 is 14.8 Å². The molecule has 25 heavy (non-hydrogen) atoms. The Kier molecular flexibility index (Phi) is 6.29. The molecule has 1 fully saturated rings. The van der Waals surface area contributed by atoms with Crippen LogP contribution in [-0.4, -0.2) is 36.0 Å². The van der Waals surface area contributed by atoms with Gasteiger partial charge in [-0.15, -0.1) is 0 Å². The van der Waals surface area contributed by atoms with Crippen molar-refractivity contribution in [2.45, 2.75) is 38.7 Å². The lowest BCUT2D eigenvalue weighted by Gasteiger charge is -2.27. The van der Waals surface area contributed by atoms with E-state index < -0.39 is 11.8 Å². The first-order valence-electron chi connectivity index (χ1n) is 7.98. The maximum absolute atomic E-state index is 11.5. The highest BCUT2D eigenvalue weighted by Gasteiger charge is 2.28. The number of anilines is 1. The molecule has 9 heteroatoms. The van der Waals surface area contributed by atoms with E-state index in [0.717, 1.165) is 25.7 Å². The van der Waals surface area contributed by atoms with Crippen molar-refractivity contribution >= 4 is 23.5 Å². The van der Waals surface area contributed by atoms with E-state index in [9.17, 15) is 14.4 Å². The molecule has 4 N–H and O–H groups in total. The van der Waals surface area contributed by atoms with Gasteiger partial charge in [0.05, 0.1) is 24.4 Å². The van der Waals surface area contributed by atoms with Gasteiger partial charge in [0.2, 0.25) is 5.88 Å². The van der Waals surface area contributed by atoms with Crippen LogP contribution in [0.5, 0.6) is 5.88 Å². The molecule has 2 amide bonds. The second-order valence-electron chi connectivity index (χ2n) is 5.82. The predicted molar refractivity (Wildman–Crippen MR) is 88.3 cm³/mol. The van der Waals surface area contributed by atoms with Crippen LogP contribution in [0.1, 0.15) is 31.4 Å². The van der Waals surface area contributed by atoms with Crippen LogP contribution in [0.2, 0.25) is 0 Å². The topological polar surface area (TPSA) is 133 Å². The number of esters is 1. The molecular formula is C16H22N4O5.